The standard InChI is InChI=1S/C21H40N2O2/c1-17-11-9-10-14-21(17,16-22-19(24)25-20(2,3)4)23-15-18-12-7-5-6-8-13-18/h17-18,23H,5-16H2,1-4H3,(H,22,24). The zero-order chi connectivity index (χ0) is 18.3. The monoisotopic (exact) mass is 352 g/mol. The van der Waals surface area contributed by atoms with Gasteiger partial charge in [0.1, 0.15) is 5.60 Å². The number of rotatable bonds is 5. The topological polar surface area (TPSA) is 50.4 Å². The Morgan fingerprint density at radius 1 is 1.04 bits per heavy atom. The van der Waals surface area contributed by atoms with E-state index in [1.165, 1.54) is 57.8 Å². The Balaban J connectivity index is 1.92. The van der Waals surface area contributed by atoms with Crippen LogP contribution in [0.15, 0.2) is 0 Å². The van der Waals surface area contributed by atoms with Crippen LogP contribution in [0.4, 0.5) is 4.79 Å². The van der Waals surface area contributed by atoms with Crippen molar-refractivity contribution in [2.45, 2.75) is 103 Å². The first kappa shape index (κ1) is 20.5. The van der Waals surface area contributed by atoms with Crippen LogP contribution in [0.5, 0.6) is 0 Å². The number of carbonyl (C=O) groups is 1. The highest BCUT2D eigenvalue weighted by molar-refractivity contribution is 5.67. The molecule has 2 fully saturated rings. The maximum absolute atomic E-state index is 12.1. The zero-order valence-corrected chi connectivity index (χ0v) is 17.0. The Labute approximate surface area is 154 Å². The fourth-order valence-corrected chi connectivity index (χ4v) is 4.46. The molecule has 2 unspecified atom stereocenters. The molecule has 0 spiro atoms. The van der Waals surface area contributed by atoms with Crippen LogP contribution in [0, 0.1) is 11.8 Å². The normalized spacial score (nSPS) is 29.0. The minimum atomic E-state index is -0.441. The number of ether oxygens (including phenoxy) is 1. The molecule has 2 atom stereocenters. The van der Waals surface area contributed by atoms with E-state index < -0.39 is 5.60 Å². The predicted octanol–water partition coefficient (Wildman–Crippen LogP) is 5.02. The molecule has 0 radical (unpaired) electrons. The van der Waals surface area contributed by atoms with Gasteiger partial charge in [0, 0.05) is 12.1 Å². The van der Waals surface area contributed by atoms with E-state index >= 15 is 0 Å². The Bertz CT molecular complexity index is 411. The molecule has 2 aliphatic rings. The third-order valence-electron chi connectivity index (χ3n) is 6.12. The zero-order valence-electron chi connectivity index (χ0n) is 17.0. The molecule has 0 saturated heterocycles. The third kappa shape index (κ3) is 6.80. The van der Waals surface area contributed by atoms with Gasteiger partial charge in [0.05, 0.1) is 0 Å². The van der Waals surface area contributed by atoms with E-state index in [0.29, 0.717) is 12.5 Å². The van der Waals surface area contributed by atoms with Crippen molar-refractivity contribution in [2.75, 3.05) is 13.1 Å². The second-order valence-corrected chi connectivity index (χ2v) is 9.40. The average Bonchev–Trinajstić information content (AvgIpc) is 2.80. The quantitative estimate of drug-likeness (QED) is 0.683. The van der Waals surface area contributed by atoms with Crippen LogP contribution in [-0.2, 0) is 4.74 Å². The van der Waals surface area contributed by atoms with Gasteiger partial charge in [-0.1, -0.05) is 45.4 Å². The van der Waals surface area contributed by atoms with Crippen molar-refractivity contribution in [3.63, 3.8) is 0 Å². The molecule has 25 heavy (non-hydrogen) atoms. The number of amides is 1. The molecule has 2 N–H and O–H groups in total. The molecule has 0 bridgehead atoms. The molecule has 0 aromatic carbocycles. The van der Waals surface area contributed by atoms with Gasteiger partial charge < -0.3 is 15.4 Å². The molecule has 4 nitrogen and oxygen atoms in total. The molecule has 0 heterocycles. The van der Waals surface area contributed by atoms with E-state index in [2.05, 4.69) is 17.6 Å². The minimum absolute atomic E-state index is 0.0292. The van der Waals surface area contributed by atoms with Crippen LogP contribution < -0.4 is 10.6 Å². The second-order valence-electron chi connectivity index (χ2n) is 9.40. The largest absolute Gasteiger partial charge is 0.444 e. The third-order valence-corrected chi connectivity index (χ3v) is 6.12. The molecule has 2 saturated carbocycles. The van der Waals surface area contributed by atoms with Crippen LogP contribution in [0.2, 0.25) is 0 Å². The van der Waals surface area contributed by atoms with Crippen molar-refractivity contribution >= 4 is 6.09 Å². The maximum atomic E-state index is 12.1. The summed E-state index contributed by atoms with van der Waals surface area (Å²) < 4.78 is 5.44. The summed E-state index contributed by atoms with van der Waals surface area (Å²) >= 11 is 0. The summed E-state index contributed by atoms with van der Waals surface area (Å²) in [6.45, 7) is 9.85. The van der Waals surface area contributed by atoms with E-state index in [-0.39, 0.29) is 11.6 Å². The maximum Gasteiger partial charge on any atom is 0.407 e. The Morgan fingerprint density at radius 2 is 1.68 bits per heavy atom. The van der Waals surface area contributed by atoms with Gasteiger partial charge in [0.2, 0.25) is 0 Å². The number of carbonyl (C=O) groups excluding carboxylic acids is 1. The van der Waals surface area contributed by atoms with Crippen molar-refractivity contribution < 1.29 is 9.53 Å². The number of hydrogen-bond acceptors (Lipinski definition) is 3. The molecule has 0 aliphatic heterocycles. The molecular weight excluding hydrogens is 312 g/mol. The molecular formula is C21H40N2O2. The predicted molar refractivity (Wildman–Crippen MR) is 104 cm³/mol. The van der Waals surface area contributed by atoms with E-state index in [9.17, 15) is 4.79 Å². The van der Waals surface area contributed by atoms with Gasteiger partial charge in [0.25, 0.3) is 0 Å². The van der Waals surface area contributed by atoms with Crippen molar-refractivity contribution in [3.05, 3.63) is 0 Å². The summed E-state index contributed by atoms with van der Waals surface area (Å²) in [7, 11) is 0. The summed E-state index contributed by atoms with van der Waals surface area (Å²) in [6, 6.07) is 0. The van der Waals surface area contributed by atoms with Gasteiger partial charge in [-0.25, -0.2) is 4.79 Å². The summed E-state index contributed by atoms with van der Waals surface area (Å²) in [5, 5.41) is 6.99. The van der Waals surface area contributed by atoms with E-state index in [1.807, 2.05) is 20.8 Å². The number of alkyl carbamates (subject to hydrolysis) is 1. The van der Waals surface area contributed by atoms with Crippen LogP contribution in [0.3, 0.4) is 0 Å². The second kappa shape index (κ2) is 9.25. The summed E-state index contributed by atoms with van der Waals surface area (Å²) in [5.74, 6) is 1.39. The van der Waals surface area contributed by atoms with Gasteiger partial charge in [-0.3, -0.25) is 0 Å². The van der Waals surface area contributed by atoms with Gasteiger partial charge >= 0.3 is 6.09 Å². The van der Waals surface area contributed by atoms with Crippen LogP contribution in [0.1, 0.15) is 91.9 Å². The first-order valence-electron chi connectivity index (χ1n) is 10.5. The summed E-state index contributed by atoms with van der Waals surface area (Å²) in [5.41, 5.74) is -0.412. The molecule has 146 valence electrons. The Hall–Kier alpha value is -0.770. The van der Waals surface area contributed by atoms with Crippen LogP contribution in [-0.4, -0.2) is 30.3 Å². The van der Waals surface area contributed by atoms with Crippen LogP contribution >= 0.6 is 0 Å². The van der Waals surface area contributed by atoms with Crippen LogP contribution in [0.25, 0.3) is 0 Å². The minimum Gasteiger partial charge on any atom is -0.444 e. The first-order valence-corrected chi connectivity index (χ1v) is 10.5. The van der Waals surface area contributed by atoms with Gasteiger partial charge in [-0.2, -0.15) is 0 Å². The first-order chi connectivity index (χ1) is 11.8. The molecule has 0 aromatic heterocycles. The number of nitrogens with one attached hydrogen (secondary N) is 2. The fourth-order valence-electron chi connectivity index (χ4n) is 4.46. The Kier molecular flexibility index (Phi) is 7.60. The Morgan fingerprint density at radius 3 is 2.28 bits per heavy atom. The molecule has 1 amide bonds. The average molecular weight is 353 g/mol. The lowest BCUT2D eigenvalue weighted by Crippen LogP contribution is -2.60. The van der Waals surface area contributed by atoms with Gasteiger partial charge in [0.15, 0.2) is 0 Å². The SMILES string of the molecule is CC1CCCCC1(CNC(=O)OC(C)(C)C)NCC1CCCCCC1. The lowest BCUT2D eigenvalue weighted by molar-refractivity contribution is 0.0477. The van der Waals surface area contributed by atoms with Gasteiger partial charge in [-0.15, -0.1) is 0 Å². The highest BCUT2D eigenvalue weighted by atomic mass is 16.6. The molecule has 0 aromatic rings. The fraction of sp³-hybridized carbons (Fsp3) is 0.952. The lowest BCUT2D eigenvalue weighted by Gasteiger charge is -2.44. The van der Waals surface area contributed by atoms with E-state index in [1.54, 1.807) is 0 Å². The molecule has 2 rings (SSSR count). The van der Waals surface area contributed by atoms with E-state index in [4.69, 9.17) is 4.74 Å². The van der Waals surface area contributed by atoms with Crippen molar-refractivity contribution in [1.29, 1.82) is 0 Å². The van der Waals surface area contributed by atoms with Crippen molar-refractivity contribution in [3.8, 4) is 0 Å². The lowest BCUT2D eigenvalue weighted by atomic mass is 9.73. The van der Waals surface area contributed by atoms with Crippen molar-refractivity contribution in [2.24, 2.45) is 11.8 Å². The van der Waals surface area contributed by atoms with Gasteiger partial charge in [-0.05, 0) is 64.8 Å². The van der Waals surface area contributed by atoms with Crippen molar-refractivity contribution in [1.82, 2.24) is 10.6 Å². The highest BCUT2D eigenvalue weighted by Gasteiger charge is 2.38. The molecule has 2 aliphatic carbocycles. The number of hydrogen-bond donors (Lipinski definition) is 2. The molecule has 4 heteroatoms. The summed E-state index contributed by atoms with van der Waals surface area (Å²) in [4.78, 5) is 12.1. The summed E-state index contributed by atoms with van der Waals surface area (Å²) in [6.07, 6.45) is 12.9. The van der Waals surface area contributed by atoms with E-state index in [0.717, 1.165) is 18.9 Å². The highest BCUT2D eigenvalue weighted by Crippen LogP contribution is 2.34. The smallest absolute Gasteiger partial charge is 0.407 e.